The van der Waals surface area contributed by atoms with Crippen LogP contribution in [0, 0.1) is 0 Å². The summed E-state index contributed by atoms with van der Waals surface area (Å²) in [5.74, 6) is 0.222. The third kappa shape index (κ3) is 1130. The van der Waals surface area contributed by atoms with Gasteiger partial charge in [0, 0.05) is 0 Å². The van der Waals surface area contributed by atoms with E-state index in [9.17, 15) is 0 Å². The molecule has 0 heterocycles. The lowest BCUT2D eigenvalue weighted by atomic mass is 11.8. The van der Waals surface area contributed by atoms with E-state index in [1.54, 1.807) is 0 Å². The lowest BCUT2D eigenvalue weighted by molar-refractivity contribution is 0.569. The van der Waals surface area contributed by atoms with Gasteiger partial charge in [-0.3, -0.25) is 4.79 Å². The van der Waals surface area contributed by atoms with Crippen LogP contribution in [0.3, 0.4) is 0 Å². The van der Waals surface area contributed by atoms with Crippen molar-refractivity contribution in [3.05, 3.63) is 0 Å². The smallest absolute Gasteiger partial charge is 0.208 e. The Labute approximate surface area is 30.6 Å². The molecule has 26 valence electrons. The van der Waals surface area contributed by atoms with E-state index in [1.165, 1.54) is 0 Å². The molecule has 0 radical (unpaired) electrons. The Morgan fingerprint density at radius 1 is 1.75 bits per heavy atom. The normalized spacial score (nSPS) is 3.25. The van der Waals surface area contributed by atoms with Crippen LogP contribution in [0.2, 0.25) is 0 Å². The van der Waals surface area contributed by atoms with Gasteiger partial charge < -0.3 is 0 Å². The van der Waals surface area contributed by atoms with Crippen LogP contribution in [0.4, 0.5) is 0 Å². The van der Waals surface area contributed by atoms with E-state index in [0.29, 0.717) is 0 Å². The van der Waals surface area contributed by atoms with E-state index in [4.69, 9.17) is 4.79 Å². The molecular formula is C2H5ClO. The summed E-state index contributed by atoms with van der Waals surface area (Å²) in [6.45, 7) is 0. The van der Waals surface area contributed by atoms with E-state index in [2.05, 4.69) is 11.6 Å². The van der Waals surface area contributed by atoms with Gasteiger partial charge >= 0.3 is 0 Å². The van der Waals surface area contributed by atoms with Gasteiger partial charge in [-0.1, -0.05) is 7.43 Å². The average molecular weight is 80.5 g/mol. The summed E-state index contributed by atoms with van der Waals surface area (Å²) in [5, 5.41) is 0. The summed E-state index contributed by atoms with van der Waals surface area (Å²) >= 11 is 4.32. The summed E-state index contributed by atoms with van der Waals surface area (Å²) in [5.41, 5.74) is 0. The highest BCUT2D eigenvalue weighted by Crippen LogP contribution is 1.42. The summed E-state index contributed by atoms with van der Waals surface area (Å²) in [7, 11) is 0. The van der Waals surface area contributed by atoms with Crippen LogP contribution in [-0.2, 0) is 4.79 Å². The van der Waals surface area contributed by atoms with Gasteiger partial charge in [-0.15, -0.1) is 0 Å². The van der Waals surface area contributed by atoms with Gasteiger partial charge in [0.25, 0.3) is 0 Å². The molecule has 0 saturated carbocycles. The molecule has 0 aromatic carbocycles. The predicted molar refractivity (Wildman–Crippen MR) is 19.3 cm³/mol. The van der Waals surface area contributed by atoms with Crippen molar-refractivity contribution >= 4 is 17.3 Å². The van der Waals surface area contributed by atoms with Crippen LogP contribution in [0.5, 0.6) is 0 Å². The molecule has 0 amide bonds. The first kappa shape index (κ1) is 9.03. The van der Waals surface area contributed by atoms with Crippen LogP contribution in [0.1, 0.15) is 7.43 Å². The van der Waals surface area contributed by atoms with Gasteiger partial charge in [0.1, 0.15) is 0 Å². The van der Waals surface area contributed by atoms with E-state index in [0.717, 1.165) is 0 Å². The molecule has 0 atom stereocenters. The van der Waals surface area contributed by atoms with Gasteiger partial charge in [-0.05, 0) is 11.6 Å². The highest BCUT2D eigenvalue weighted by Gasteiger charge is 1.28. The third-order valence-electron chi connectivity index (χ3n) is 0. The van der Waals surface area contributed by atoms with Gasteiger partial charge in [-0.25, -0.2) is 0 Å². The topological polar surface area (TPSA) is 17.1 Å². The Morgan fingerprint density at radius 3 is 1.75 bits per heavy atom. The van der Waals surface area contributed by atoms with Crippen molar-refractivity contribution < 1.29 is 4.79 Å². The molecular weight excluding hydrogens is 75.5 g/mol. The molecule has 0 saturated heterocycles. The highest BCUT2D eigenvalue weighted by atomic mass is 35.5. The molecule has 1 nitrogen and oxygen atoms in total. The predicted octanol–water partition coefficient (Wildman–Crippen LogP) is 1.05. The zero-order valence-corrected chi connectivity index (χ0v) is 2.12. The van der Waals surface area contributed by atoms with Crippen LogP contribution in [-0.4, -0.2) is 5.75 Å². The van der Waals surface area contributed by atoms with Crippen molar-refractivity contribution in [2.24, 2.45) is 0 Å². The second-order valence-electron chi connectivity index (χ2n) is 0.0891. The molecule has 0 aliphatic heterocycles. The molecule has 0 N–H and O–H groups in total. The minimum atomic E-state index is 0. The summed E-state index contributed by atoms with van der Waals surface area (Å²) in [6, 6.07) is 0. The number of hydrogen-bond acceptors (Lipinski definition) is 1. The van der Waals surface area contributed by atoms with E-state index < -0.39 is 0 Å². The molecule has 0 unspecified atom stereocenters. The number of carbonyl (C=O) groups excluding carboxylic acids is 1. The van der Waals surface area contributed by atoms with Gasteiger partial charge in [0.05, 0.1) is 0 Å². The fourth-order valence-corrected chi connectivity index (χ4v) is 0. The van der Waals surface area contributed by atoms with Crippen molar-refractivity contribution in [2.45, 2.75) is 7.43 Å². The fourth-order valence-electron chi connectivity index (χ4n) is 0. The summed E-state index contributed by atoms with van der Waals surface area (Å²) < 4.78 is 0. The Bertz CT molecular complexity index is 13.5. The van der Waals surface area contributed by atoms with Gasteiger partial charge in [0.15, 0.2) is 0 Å². The minimum Gasteiger partial charge on any atom is -0.285 e. The van der Waals surface area contributed by atoms with Crippen molar-refractivity contribution in [3.8, 4) is 0 Å². The van der Waals surface area contributed by atoms with Crippen molar-refractivity contribution in [1.29, 1.82) is 0 Å². The molecule has 0 aromatic heterocycles. The first-order valence-electron chi connectivity index (χ1n) is 0.454. The fraction of sp³-hybridized carbons (Fsp3) is 0.500. The van der Waals surface area contributed by atoms with Gasteiger partial charge in [-0.2, -0.15) is 0 Å². The van der Waals surface area contributed by atoms with Crippen LogP contribution in [0.25, 0.3) is 0 Å². The second-order valence-corrected chi connectivity index (χ2v) is 0.267. The lowest BCUT2D eigenvalue weighted by Gasteiger charge is -1.20. The molecule has 0 spiro atoms. The monoisotopic (exact) mass is 80.0 g/mol. The zero-order chi connectivity index (χ0) is 2.71. The number of rotatable bonds is 0. The lowest BCUT2D eigenvalue weighted by Crippen LogP contribution is -1.24. The zero-order valence-electron chi connectivity index (χ0n) is 1.36. The van der Waals surface area contributed by atoms with Crippen molar-refractivity contribution in [1.82, 2.24) is 0 Å². The summed E-state index contributed by atoms with van der Waals surface area (Å²) in [6.07, 6.45) is 0. The molecule has 0 rings (SSSR count). The van der Waals surface area contributed by atoms with Crippen molar-refractivity contribution in [2.75, 3.05) is 0 Å². The largest absolute Gasteiger partial charge is 0.285 e. The molecule has 0 aromatic rings. The van der Waals surface area contributed by atoms with Crippen LogP contribution in [0.15, 0.2) is 0 Å². The molecule has 0 aliphatic rings. The average Bonchev–Trinajstić information content (AvgIpc) is 0.918. The molecule has 4 heavy (non-hydrogen) atoms. The Balaban J connectivity index is 0. The quantitative estimate of drug-likeness (QED) is 0.314. The standard InChI is InChI=1S/CHClO.CH4/c2-1-3;/h1H;1H4. The molecule has 0 aliphatic carbocycles. The highest BCUT2D eigenvalue weighted by molar-refractivity contribution is 6.54. The number of hydrogen-bond donors (Lipinski definition) is 0. The molecule has 0 fully saturated rings. The Morgan fingerprint density at radius 2 is 1.75 bits per heavy atom. The van der Waals surface area contributed by atoms with Crippen LogP contribution >= 0.6 is 11.6 Å². The Hall–Kier alpha value is -0.0400. The number of halogens is 1. The maximum absolute atomic E-state index is 8.57. The molecule has 0 bridgehead atoms. The van der Waals surface area contributed by atoms with Crippen molar-refractivity contribution in [3.63, 3.8) is 0 Å². The summed E-state index contributed by atoms with van der Waals surface area (Å²) in [4.78, 5) is 8.57. The SMILES string of the molecule is C.O=CCl. The van der Waals surface area contributed by atoms with Gasteiger partial charge in [0.2, 0.25) is 5.75 Å². The van der Waals surface area contributed by atoms with E-state index in [-0.39, 0.29) is 13.2 Å². The van der Waals surface area contributed by atoms with E-state index >= 15 is 0 Å². The maximum Gasteiger partial charge on any atom is 0.208 e. The minimum absolute atomic E-state index is 0. The maximum atomic E-state index is 8.57. The third-order valence-corrected chi connectivity index (χ3v) is 0. The number of carbonyl (C=O) groups is 1. The van der Waals surface area contributed by atoms with Crippen LogP contribution < -0.4 is 0 Å². The second kappa shape index (κ2) is 12.3. The first-order valence-corrected chi connectivity index (χ1v) is 0.890. The molecule has 2 heteroatoms. The van der Waals surface area contributed by atoms with E-state index in [1.807, 2.05) is 0 Å². The Kier molecular flexibility index (Phi) is 27.9. The first-order chi connectivity index (χ1) is 1.41.